The van der Waals surface area contributed by atoms with E-state index < -0.39 is 0 Å². The third kappa shape index (κ3) is 4.84. The molecule has 0 atom stereocenters. The van der Waals surface area contributed by atoms with Crippen molar-refractivity contribution in [1.29, 1.82) is 0 Å². The van der Waals surface area contributed by atoms with Crippen molar-refractivity contribution in [2.45, 2.75) is 12.1 Å². The quantitative estimate of drug-likeness (QED) is 0.555. The lowest BCUT2D eigenvalue weighted by Gasteiger charge is -2.07. The van der Waals surface area contributed by atoms with Crippen LogP contribution in [0.5, 0.6) is 0 Å². The van der Waals surface area contributed by atoms with Crippen LogP contribution in [-0.4, -0.2) is 26.8 Å². The van der Waals surface area contributed by atoms with Crippen molar-refractivity contribution in [3.8, 4) is 11.4 Å². The number of nitrogens with one attached hydrogen (secondary N) is 2. The number of benzene rings is 2. The highest BCUT2D eigenvalue weighted by atomic mass is 79.9. The number of hydrogen-bond donors (Lipinski definition) is 2. The standard InChI is InChI=1S/C17H14BrClN4OS/c1-10-8-12(18)4-7-14(10)20-15(24)9-25-17-21-16(22-23-17)11-2-5-13(19)6-3-11/h2-8H,9H2,1H3,(H,20,24)(H,21,22,23). The van der Waals surface area contributed by atoms with Crippen molar-refractivity contribution < 1.29 is 4.79 Å². The average Bonchev–Trinajstić information content (AvgIpc) is 3.05. The van der Waals surface area contributed by atoms with Gasteiger partial charge in [-0.2, -0.15) is 0 Å². The fraction of sp³-hybridized carbons (Fsp3) is 0.118. The van der Waals surface area contributed by atoms with E-state index in [2.05, 4.69) is 36.4 Å². The molecule has 0 fully saturated rings. The van der Waals surface area contributed by atoms with Crippen LogP contribution in [-0.2, 0) is 4.79 Å². The van der Waals surface area contributed by atoms with Crippen LogP contribution in [0.4, 0.5) is 5.69 Å². The summed E-state index contributed by atoms with van der Waals surface area (Å²) in [6.45, 7) is 1.95. The molecule has 1 amide bonds. The van der Waals surface area contributed by atoms with Gasteiger partial charge in [0, 0.05) is 20.7 Å². The molecule has 2 N–H and O–H groups in total. The Kier molecular flexibility index (Phi) is 5.78. The number of thioether (sulfide) groups is 1. The SMILES string of the molecule is Cc1cc(Br)ccc1NC(=O)CSc1n[nH]c(-c2ccc(Cl)cc2)n1. The van der Waals surface area contributed by atoms with E-state index in [0.717, 1.165) is 21.3 Å². The highest BCUT2D eigenvalue weighted by Crippen LogP contribution is 2.22. The lowest BCUT2D eigenvalue weighted by atomic mass is 10.2. The maximum Gasteiger partial charge on any atom is 0.234 e. The molecule has 0 saturated carbocycles. The molecule has 5 nitrogen and oxygen atoms in total. The monoisotopic (exact) mass is 436 g/mol. The van der Waals surface area contributed by atoms with Gasteiger partial charge in [0.2, 0.25) is 11.1 Å². The van der Waals surface area contributed by atoms with E-state index in [0.29, 0.717) is 16.0 Å². The number of aryl methyl sites for hydroxylation is 1. The molecule has 128 valence electrons. The minimum Gasteiger partial charge on any atom is -0.325 e. The minimum absolute atomic E-state index is 0.103. The second-order valence-corrected chi connectivity index (χ2v) is 7.56. The van der Waals surface area contributed by atoms with E-state index in [9.17, 15) is 4.79 Å². The summed E-state index contributed by atoms with van der Waals surface area (Å²) in [6.07, 6.45) is 0. The van der Waals surface area contributed by atoms with Gasteiger partial charge in [0.15, 0.2) is 5.82 Å². The van der Waals surface area contributed by atoms with Crippen LogP contribution in [0, 0.1) is 6.92 Å². The van der Waals surface area contributed by atoms with Gasteiger partial charge in [-0.3, -0.25) is 9.89 Å². The van der Waals surface area contributed by atoms with E-state index in [4.69, 9.17) is 11.6 Å². The summed E-state index contributed by atoms with van der Waals surface area (Å²) in [6, 6.07) is 13.0. The molecule has 8 heteroatoms. The molecule has 1 heterocycles. The second-order valence-electron chi connectivity index (χ2n) is 5.27. The molecular formula is C17H14BrClN4OS. The Morgan fingerprint density at radius 1 is 1.28 bits per heavy atom. The predicted molar refractivity (Wildman–Crippen MR) is 105 cm³/mol. The first-order chi connectivity index (χ1) is 12.0. The fourth-order valence-corrected chi connectivity index (χ4v) is 3.33. The Hall–Kier alpha value is -1.83. The van der Waals surface area contributed by atoms with Gasteiger partial charge in [0.1, 0.15) is 0 Å². The van der Waals surface area contributed by atoms with E-state index in [1.54, 1.807) is 12.1 Å². The van der Waals surface area contributed by atoms with Crippen LogP contribution in [0.15, 0.2) is 52.1 Å². The molecule has 3 rings (SSSR count). The summed E-state index contributed by atoms with van der Waals surface area (Å²) in [5.41, 5.74) is 2.68. The number of aromatic amines is 1. The Morgan fingerprint density at radius 3 is 2.76 bits per heavy atom. The van der Waals surface area contributed by atoms with Gasteiger partial charge < -0.3 is 5.32 Å². The van der Waals surface area contributed by atoms with E-state index in [-0.39, 0.29) is 11.7 Å². The molecular weight excluding hydrogens is 424 g/mol. The van der Waals surface area contributed by atoms with E-state index in [1.807, 2.05) is 37.3 Å². The Labute approximate surface area is 162 Å². The summed E-state index contributed by atoms with van der Waals surface area (Å²) >= 11 is 10.6. The van der Waals surface area contributed by atoms with Gasteiger partial charge >= 0.3 is 0 Å². The Bertz CT molecular complexity index is 898. The van der Waals surface area contributed by atoms with Gasteiger partial charge in [0.05, 0.1) is 5.75 Å². The molecule has 0 aliphatic rings. The molecule has 0 radical (unpaired) electrons. The molecule has 2 aromatic carbocycles. The number of amides is 1. The number of H-pyrrole nitrogens is 1. The number of hydrogen-bond acceptors (Lipinski definition) is 4. The number of halogens is 2. The van der Waals surface area contributed by atoms with Crippen molar-refractivity contribution in [3.05, 3.63) is 57.5 Å². The molecule has 0 spiro atoms. The lowest BCUT2D eigenvalue weighted by molar-refractivity contribution is -0.113. The van der Waals surface area contributed by atoms with Crippen molar-refractivity contribution in [2.24, 2.45) is 0 Å². The Morgan fingerprint density at radius 2 is 2.04 bits per heavy atom. The molecule has 1 aromatic heterocycles. The highest BCUT2D eigenvalue weighted by molar-refractivity contribution is 9.10. The number of carbonyl (C=O) groups excluding carboxylic acids is 1. The van der Waals surface area contributed by atoms with Crippen LogP contribution in [0.25, 0.3) is 11.4 Å². The minimum atomic E-state index is -0.103. The zero-order valence-corrected chi connectivity index (χ0v) is 16.4. The van der Waals surface area contributed by atoms with Gasteiger partial charge in [0.25, 0.3) is 0 Å². The van der Waals surface area contributed by atoms with Crippen LogP contribution in [0.1, 0.15) is 5.56 Å². The number of rotatable bonds is 5. The third-order valence-electron chi connectivity index (χ3n) is 3.38. The topological polar surface area (TPSA) is 70.7 Å². The first-order valence-electron chi connectivity index (χ1n) is 7.38. The van der Waals surface area contributed by atoms with Crippen molar-refractivity contribution >= 4 is 50.9 Å². The molecule has 3 aromatic rings. The normalized spacial score (nSPS) is 10.7. The van der Waals surface area contributed by atoms with E-state index >= 15 is 0 Å². The second kappa shape index (κ2) is 8.03. The number of carbonyl (C=O) groups is 1. The van der Waals surface area contributed by atoms with Gasteiger partial charge in [-0.15, -0.1) is 5.10 Å². The lowest BCUT2D eigenvalue weighted by Crippen LogP contribution is -2.14. The summed E-state index contributed by atoms with van der Waals surface area (Å²) < 4.78 is 0.979. The largest absolute Gasteiger partial charge is 0.325 e. The molecule has 0 saturated heterocycles. The number of aromatic nitrogens is 3. The predicted octanol–water partition coefficient (Wildman–Crippen LogP) is 4.93. The van der Waals surface area contributed by atoms with Gasteiger partial charge in [-0.25, -0.2) is 4.98 Å². The van der Waals surface area contributed by atoms with Crippen LogP contribution in [0.2, 0.25) is 5.02 Å². The summed E-state index contributed by atoms with van der Waals surface area (Å²) in [5.74, 6) is 0.768. The van der Waals surface area contributed by atoms with Gasteiger partial charge in [-0.1, -0.05) is 39.3 Å². The first kappa shape index (κ1) is 18.0. The summed E-state index contributed by atoms with van der Waals surface area (Å²) in [7, 11) is 0. The maximum atomic E-state index is 12.1. The van der Waals surface area contributed by atoms with Crippen LogP contribution in [0.3, 0.4) is 0 Å². The van der Waals surface area contributed by atoms with Crippen LogP contribution >= 0.6 is 39.3 Å². The summed E-state index contributed by atoms with van der Waals surface area (Å²) in [5, 5.41) is 11.1. The third-order valence-corrected chi connectivity index (χ3v) is 4.97. The summed E-state index contributed by atoms with van der Waals surface area (Å²) in [4.78, 5) is 16.5. The molecule has 0 unspecified atom stereocenters. The Balaban J connectivity index is 1.58. The molecule has 0 aliphatic carbocycles. The highest BCUT2D eigenvalue weighted by Gasteiger charge is 2.10. The number of anilines is 1. The zero-order valence-electron chi connectivity index (χ0n) is 13.2. The fourth-order valence-electron chi connectivity index (χ4n) is 2.13. The molecule has 0 bridgehead atoms. The van der Waals surface area contributed by atoms with Crippen molar-refractivity contribution in [1.82, 2.24) is 15.2 Å². The zero-order chi connectivity index (χ0) is 17.8. The smallest absolute Gasteiger partial charge is 0.234 e. The van der Waals surface area contributed by atoms with Crippen LogP contribution < -0.4 is 5.32 Å². The van der Waals surface area contributed by atoms with Crippen molar-refractivity contribution in [3.63, 3.8) is 0 Å². The van der Waals surface area contributed by atoms with Crippen molar-refractivity contribution in [2.75, 3.05) is 11.1 Å². The number of nitrogens with zero attached hydrogens (tertiary/aromatic N) is 2. The maximum absolute atomic E-state index is 12.1. The average molecular weight is 438 g/mol. The molecule has 25 heavy (non-hydrogen) atoms. The first-order valence-corrected chi connectivity index (χ1v) is 9.54. The van der Waals surface area contributed by atoms with Gasteiger partial charge in [-0.05, 0) is 55.0 Å². The van der Waals surface area contributed by atoms with E-state index in [1.165, 1.54) is 11.8 Å². The molecule has 0 aliphatic heterocycles.